The number of methoxy groups -OCH3 is 1. The third kappa shape index (κ3) is 6.01. The predicted molar refractivity (Wildman–Crippen MR) is 85.4 cm³/mol. The molecule has 0 fully saturated rings. The van der Waals surface area contributed by atoms with Crippen LogP contribution >= 0.6 is 11.8 Å². The Morgan fingerprint density at radius 3 is 2.57 bits per heavy atom. The summed E-state index contributed by atoms with van der Waals surface area (Å²) in [4.78, 5) is 20.5. The number of rotatable bonds is 8. The maximum Gasteiger partial charge on any atom is 0.325 e. The molecule has 1 aromatic heterocycles. The summed E-state index contributed by atoms with van der Waals surface area (Å²) in [5.74, 6) is 0.655. The smallest absolute Gasteiger partial charge is 0.325 e. The van der Waals surface area contributed by atoms with E-state index in [4.69, 9.17) is 4.74 Å². The first-order valence-electron chi connectivity index (χ1n) is 7.15. The zero-order valence-electron chi connectivity index (χ0n) is 13.5. The molecule has 0 saturated carbocycles. The molecule has 0 saturated heterocycles. The lowest BCUT2D eigenvalue weighted by atomic mass is 9.95. The minimum absolute atomic E-state index is 0.215. The first-order chi connectivity index (χ1) is 9.87. The van der Waals surface area contributed by atoms with Crippen molar-refractivity contribution < 1.29 is 9.53 Å². The molecule has 0 aliphatic heterocycles. The van der Waals surface area contributed by atoms with Crippen LogP contribution in [0.25, 0.3) is 0 Å². The van der Waals surface area contributed by atoms with Crippen molar-refractivity contribution in [3.8, 4) is 0 Å². The fraction of sp³-hybridized carbons (Fsp3) is 0.667. The molecule has 21 heavy (non-hydrogen) atoms. The highest BCUT2D eigenvalue weighted by atomic mass is 32.2. The van der Waals surface area contributed by atoms with Crippen LogP contribution < -0.4 is 5.32 Å². The Labute approximate surface area is 131 Å². The van der Waals surface area contributed by atoms with Gasteiger partial charge in [-0.1, -0.05) is 11.8 Å². The molecule has 0 radical (unpaired) electrons. The van der Waals surface area contributed by atoms with Gasteiger partial charge < -0.3 is 4.74 Å². The number of nitrogens with one attached hydrogen (secondary N) is 1. The van der Waals surface area contributed by atoms with Gasteiger partial charge in [0.25, 0.3) is 0 Å². The number of nitrogens with zero attached hydrogens (tertiary/aromatic N) is 2. The monoisotopic (exact) mass is 311 g/mol. The van der Waals surface area contributed by atoms with Crippen molar-refractivity contribution >= 4 is 17.7 Å². The number of aromatic nitrogens is 2. The Kier molecular flexibility index (Phi) is 7.11. The van der Waals surface area contributed by atoms with Crippen LogP contribution in [0.5, 0.6) is 0 Å². The molecule has 0 aliphatic rings. The number of carbonyl (C=O) groups is 1. The summed E-state index contributed by atoms with van der Waals surface area (Å²) < 4.78 is 4.91. The van der Waals surface area contributed by atoms with E-state index in [1.807, 2.05) is 40.1 Å². The molecule has 118 valence electrons. The zero-order chi connectivity index (χ0) is 15.9. The van der Waals surface area contributed by atoms with Gasteiger partial charge in [-0.05, 0) is 46.1 Å². The van der Waals surface area contributed by atoms with Crippen LogP contribution in [0.15, 0.2) is 17.6 Å². The van der Waals surface area contributed by atoms with Crippen molar-refractivity contribution in [1.82, 2.24) is 15.3 Å². The fourth-order valence-corrected chi connectivity index (χ4v) is 2.87. The molecule has 1 rings (SSSR count). The molecule has 1 heterocycles. The number of carbonyl (C=O) groups excluding carboxylic acids is 1. The number of ether oxygens (including phenoxy) is 1. The molecule has 5 nitrogen and oxygen atoms in total. The molecule has 0 aliphatic carbocycles. The first-order valence-corrected chi connectivity index (χ1v) is 8.13. The summed E-state index contributed by atoms with van der Waals surface area (Å²) >= 11 is 1.61. The molecule has 0 spiro atoms. The van der Waals surface area contributed by atoms with E-state index in [1.54, 1.807) is 11.8 Å². The molecule has 1 aromatic rings. The number of esters is 1. The molecular weight excluding hydrogens is 286 g/mol. The molecule has 1 atom stereocenters. The van der Waals surface area contributed by atoms with Crippen LogP contribution in [0.4, 0.5) is 0 Å². The highest BCUT2D eigenvalue weighted by molar-refractivity contribution is 7.99. The number of hydrogen-bond donors (Lipinski definition) is 1. The standard InChI is InChI=1S/C15H25N3O2S/c1-11(2)18-15(4,13(19)20-5)7-6-8-21-14-16-9-12(3)10-17-14/h9-11,18H,6-8H2,1-5H3. The number of hydrogen-bond acceptors (Lipinski definition) is 6. The van der Waals surface area contributed by atoms with Crippen LogP contribution in [0, 0.1) is 6.92 Å². The van der Waals surface area contributed by atoms with E-state index in [0.717, 1.165) is 29.3 Å². The van der Waals surface area contributed by atoms with Gasteiger partial charge in [0.05, 0.1) is 7.11 Å². The first kappa shape index (κ1) is 17.9. The van der Waals surface area contributed by atoms with Crippen LogP contribution in [-0.2, 0) is 9.53 Å². The summed E-state index contributed by atoms with van der Waals surface area (Å²) in [6.07, 6.45) is 5.23. The second-order valence-electron chi connectivity index (χ2n) is 5.62. The largest absolute Gasteiger partial charge is 0.468 e. The highest BCUT2D eigenvalue weighted by Gasteiger charge is 2.34. The second-order valence-corrected chi connectivity index (χ2v) is 6.68. The van der Waals surface area contributed by atoms with E-state index in [2.05, 4.69) is 15.3 Å². The third-order valence-corrected chi connectivity index (χ3v) is 4.01. The SMILES string of the molecule is COC(=O)C(C)(CCCSc1ncc(C)cn1)NC(C)C. The van der Waals surface area contributed by atoms with Gasteiger partial charge in [-0.15, -0.1) is 0 Å². The molecule has 1 N–H and O–H groups in total. The number of thioether (sulfide) groups is 1. The van der Waals surface area contributed by atoms with Gasteiger partial charge in [0.15, 0.2) is 5.16 Å². The van der Waals surface area contributed by atoms with Crippen LogP contribution in [0.3, 0.4) is 0 Å². The Morgan fingerprint density at radius 2 is 2.05 bits per heavy atom. The van der Waals surface area contributed by atoms with Crippen molar-refractivity contribution in [2.75, 3.05) is 12.9 Å². The quantitative estimate of drug-likeness (QED) is 0.344. The van der Waals surface area contributed by atoms with Crippen molar-refractivity contribution in [3.05, 3.63) is 18.0 Å². The van der Waals surface area contributed by atoms with E-state index >= 15 is 0 Å². The lowest BCUT2D eigenvalue weighted by Crippen LogP contribution is -2.53. The normalized spacial score (nSPS) is 14.0. The molecule has 0 bridgehead atoms. The average Bonchev–Trinajstić information content (AvgIpc) is 2.44. The molecule has 6 heteroatoms. The molecule has 0 amide bonds. The van der Waals surface area contributed by atoms with Crippen LogP contribution in [0.1, 0.15) is 39.2 Å². The summed E-state index contributed by atoms with van der Waals surface area (Å²) in [7, 11) is 1.43. The Morgan fingerprint density at radius 1 is 1.43 bits per heavy atom. The van der Waals surface area contributed by atoms with Gasteiger partial charge in [0.2, 0.25) is 0 Å². The molecule has 0 aromatic carbocycles. The summed E-state index contributed by atoms with van der Waals surface area (Å²) in [6.45, 7) is 7.91. The van der Waals surface area contributed by atoms with Gasteiger partial charge in [0, 0.05) is 24.2 Å². The molecular formula is C15H25N3O2S. The van der Waals surface area contributed by atoms with Gasteiger partial charge in [-0.3, -0.25) is 10.1 Å². The summed E-state index contributed by atoms with van der Waals surface area (Å²) in [5.41, 5.74) is 0.413. The Balaban J connectivity index is 2.46. The van der Waals surface area contributed by atoms with E-state index in [1.165, 1.54) is 7.11 Å². The van der Waals surface area contributed by atoms with Gasteiger partial charge in [0.1, 0.15) is 5.54 Å². The Bertz CT molecular complexity index is 451. The van der Waals surface area contributed by atoms with E-state index in [0.29, 0.717) is 0 Å². The maximum absolute atomic E-state index is 12.0. The number of aryl methyl sites for hydroxylation is 1. The van der Waals surface area contributed by atoms with Crippen molar-refractivity contribution in [2.45, 2.75) is 57.3 Å². The zero-order valence-corrected chi connectivity index (χ0v) is 14.3. The lowest BCUT2D eigenvalue weighted by molar-refractivity contribution is -0.148. The van der Waals surface area contributed by atoms with E-state index in [-0.39, 0.29) is 12.0 Å². The minimum Gasteiger partial charge on any atom is -0.468 e. The summed E-state index contributed by atoms with van der Waals surface area (Å²) in [6, 6.07) is 0.224. The van der Waals surface area contributed by atoms with Gasteiger partial charge >= 0.3 is 5.97 Å². The van der Waals surface area contributed by atoms with E-state index in [9.17, 15) is 4.79 Å². The van der Waals surface area contributed by atoms with Crippen LogP contribution in [0.2, 0.25) is 0 Å². The summed E-state index contributed by atoms with van der Waals surface area (Å²) in [5, 5.41) is 4.07. The molecule has 1 unspecified atom stereocenters. The predicted octanol–water partition coefficient (Wildman–Crippen LogP) is 2.59. The van der Waals surface area contributed by atoms with Crippen LogP contribution in [-0.4, -0.2) is 40.4 Å². The average molecular weight is 311 g/mol. The second kappa shape index (κ2) is 8.34. The van der Waals surface area contributed by atoms with E-state index < -0.39 is 5.54 Å². The lowest BCUT2D eigenvalue weighted by Gasteiger charge is -2.30. The third-order valence-electron chi connectivity index (χ3n) is 3.05. The highest BCUT2D eigenvalue weighted by Crippen LogP contribution is 2.20. The maximum atomic E-state index is 12.0. The van der Waals surface area contributed by atoms with Gasteiger partial charge in [-0.25, -0.2) is 9.97 Å². The minimum atomic E-state index is -0.641. The Hall–Kier alpha value is -1.14. The topological polar surface area (TPSA) is 64.1 Å². The van der Waals surface area contributed by atoms with Crippen molar-refractivity contribution in [3.63, 3.8) is 0 Å². The van der Waals surface area contributed by atoms with Gasteiger partial charge in [-0.2, -0.15) is 0 Å². The fourth-order valence-electron chi connectivity index (χ4n) is 2.14. The van der Waals surface area contributed by atoms with Crippen molar-refractivity contribution in [2.24, 2.45) is 0 Å². The van der Waals surface area contributed by atoms with Crippen molar-refractivity contribution in [1.29, 1.82) is 0 Å².